The Balaban J connectivity index is 1.15. The summed E-state index contributed by atoms with van der Waals surface area (Å²) in [6, 6.07) is 13.1. The average molecular weight is 639 g/mol. The third kappa shape index (κ3) is 10.2. The first-order valence-corrected chi connectivity index (χ1v) is 15.1. The summed E-state index contributed by atoms with van der Waals surface area (Å²) in [5, 5.41) is 0. The van der Waals surface area contributed by atoms with Crippen molar-refractivity contribution in [1.82, 2.24) is 0 Å². The third-order valence-corrected chi connectivity index (χ3v) is 7.10. The van der Waals surface area contributed by atoms with Crippen molar-refractivity contribution < 1.29 is 57.1 Å². The van der Waals surface area contributed by atoms with Crippen LogP contribution in [-0.2, 0) is 38.0 Å². The molecule has 0 aliphatic carbocycles. The lowest BCUT2D eigenvalue weighted by Gasteiger charge is -2.17. The highest BCUT2D eigenvalue weighted by Crippen LogP contribution is 2.31. The van der Waals surface area contributed by atoms with Crippen molar-refractivity contribution in [3.05, 3.63) is 85.0 Å². The van der Waals surface area contributed by atoms with Crippen LogP contribution in [0.4, 0.5) is 0 Å². The number of carbonyl (C=O) groups is 4. The molecule has 12 heteroatoms. The zero-order valence-electron chi connectivity index (χ0n) is 25.5. The van der Waals surface area contributed by atoms with Gasteiger partial charge in [-0.15, -0.1) is 0 Å². The van der Waals surface area contributed by atoms with Crippen LogP contribution in [0.25, 0.3) is 0 Å². The lowest BCUT2D eigenvalue weighted by atomic mass is 10.1. The van der Waals surface area contributed by atoms with E-state index in [1.807, 2.05) is 0 Å². The SMILES string of the molecule is C=CC(=O)OCCCCOc1ccc(C(=O)OC2COC3C2OC[C@H]3OC(=O)c2ccc(OCCCCOC(=O)C=C)cc2)cc1. The van der Waals surface area contributed by atoms with Gasteiger partial charge in [-0.1, -0.05) is 13.2 Å². The summed E-state index contributed by atoms with van der Waals surface area (Å²) < 4.78 is 44.1. The maximum atomic E-state index is 12.8. The highest BCUT2D eigenvalue weighted by molar-refractivity contribution is 5.90. The Morgan fingerprint density at radius 3 is 1.35 bits per heavy atom. The molecule has 0 N–H and O–H groups in total. The molecule has 2 aromatic carbocycles. The fraction of sp³-hybridized carbons (Fsp3) is 0.412. The first-order chi connectivity index (χ1) is 22.4. The van der Waals surface area contributed by atoms with E-state index in [1.165, 1.54) is 0 Å². The van der Waals surface area contributed by atoms with Crippen LogP contribution in [0, 0.1) is 0 Å². The van der Waals surface area contributed by atoms with E-state index in [0.717, 1.165) is 12.2 Å². The van der Waals surface area contributed by atoms with Crippen molar-refractivity contribution >= 4 is 23.9 Å². The van der Waals surface area contributed by atoms with E-state index in [1.54, 1.807) is 48.5 Å². The van der Waals surface area contributed by atoms with Crippen LogP contribution >= 0.6 is 0 Å². The number of fused-ring (bicyclic) bond motifs is 1. The van der Waals surface area contributed by atoms with Crippen LogP contribution in [0.15, 0.2) is 73.8 Å². The Hall–Kier alpha value is -4.68. The molecule has 2 aliphatic heterocycles. The van der Waals surface area contributed by atoms with Crippen LogP contribution in [0.3, 0.4) is 0 Å². The predicted molar refractivity (Wildman–Crippen MR) is 163 cm³/mol. The van der Waals surface area contributed by atoms with Gasteiger partial charge in [0.1, 0.15) is 23.7 Å². The maximum Gasteiger partial charge on any atom is 0.338 e. The number of ether oxygens (including phenoxy) is 8. The summed E-state index contributed by atoms with van der Waals surface area (Å²) in [5.41, 5.74) is 0.684. The quantitative estimate of drug-likeness (QED) is 0.101. The van der Waals surface area contributed by atoms with E-state index in [0.29, 0.717) is 74.7 Å². The number of rotatable bonds is 18. The molecular weight excluding hydrogens is 600 g/mol. The first-order valence-electron chi connectivity index (χ1n) is 15.1. The van der Waals surface area contributed by atoms with Gasteiger partial charge in [-0.05, 0) is 74.2 Å². The molecule has 2 fully saturated rings. The Morgan fingerprint density at radius 2 is 0.978 bits per heavy atom. The fourth-order valence-corrected chi connectivity index (χ4v) is 4.67. The van der Waals surface area contributed by atoms with E-state index in [9.17, 15) is 19.2 Å². The molecule has 246 valence electrons. The van der Waals surface area contributed by atoms with Crippen molar-refractivity contribution in [2.45, 2.75) is 50.1 Å². The summed E-state index contributed by atoms with van der Waals surface area (Å²) in [5.74, 6) is -0.787. The second-order valence-electron chi connectivity index (χ2n) is 10.4. The molecule has 12 nitrogen and oxygen atoms in total. The van der Waals surface area contributed by atoms with Gasteiger partial charge in [0, 0.05) is 12.2 Å². The van der Waals surface area contributed by atoms with E-state index < -0.39 is 48.3 Å². The summed E-state index contributed by atoms with van der Waals surface area (Å²) in [4.78, 5) is 47.6. The first kappa shape index (κ1) is 34.2. The highest BCUT2D eigenvalue weighted by Gasteiger charge is 2.51. The predicted octanol–water partition coefficient (Wildman–Crippen LogP) is 4.01. The molecule has 0 aromatic heterocycles. The number of unbranched alkanes of at least 4 members (excludes halogenated alkanes) is 2. The molecule has 4 atom stereocenters. The van der Waals surface area contributed by atoms with Crippen molar-refractivity contribution in [2.75, 3.05) is 39.6 Å². The standard InChI is InChI=1S/C34H38O12/c1-3-29(35)41-19-7-5-17-39-25-13-9-23(10-14-25)33(37)45-27-21-43-32-28(22-44-31(27)32)46-34(38)24-11-15-26(16-12-24)40-18-6-8-20-42-30(36)4-2/h3-4,9-16,27-28,31-32H,1-2,5-8,17-22H2/t27-,28?,31?,32?/m1/s1. The van der Waals surface area contributed by atoms with Crippen molar-refractivity contribution in [3.8, 4) is 11.5 Å². The van der Waals surface area contributed by atoms with Crippen LogP contribution in [-0.4, -0.2) is 87.9 Å². The zero-order valence-corrected chi connectivity index (χ0v) is 25.5. The van der Waals surface area contributed by atoms with Gasteiger partial charge < -0.3 is 37.9 Å². The van der Waals surface area contributed by atoms with Gasteiger partial charge >= 0.3 is 23.9 Å². The van der Waals surface area contributed by atoms with Crippen molar-refractivity contribution in [3.63, 3.8) is 0 Å². The lowest BCUT2D eigenvalue weighted by Crippen LogP contribution is -2.36. The average Bonchev–Trinajstić information content (AvgIpc) is 3.67. The van der Waals surface area contributed by atoms with Crippen LogP contribution in [0.2, 0.25) is 0 Å². The molecule has 2 aliphatic rings. The van der Waals surface area contributed by atoms with Gasteiger partial charge in [-0.3, -0.25) is 0 Å². The lowest BCUT2D eigenvalue weighted by molar-refractivity contribution is -0.138. The maximum absolute atomic E-state index is 12.8. The van der Waals surface area contributed by atoms with Crippen molar-refractivity contribution in [2.24, 2.45) is 0 Å². The number of esters is 4. The monoisotopic (exact) mass is 638 g/mol. The molecule has 0 amide bonds. The highest BCUT2D eigenvalue weighted by atomic mass is 16.7. The number of benzene rings is 2. The molecule has 4 rings (SSSR count). The van der Waals surface area contributed by atoms with E-state index in [-0.39, 0.29) is 13.2 Å². The molecule has 2 aromatic rings. The second kappa shape index (κ2) is 17.7. The van der Waals surface area contributed by atoms with Crippen LogP contribution < -0.4 is 9.47 Å². The Morgan fingerprint density at radius 1 is 0.609 bits per heavy atom. The van der Waals surface area contributed by atoms with Gasteiger partial charge in [0.15, 0.2) is 12.2 Å². The zero-order chi connectivity index (χ0) is 32.7. The minimum atomic E-state index is -0.655. The summed E-state index contributed by atoms with van der Waals surface area (Å²) in [7, 11) is 0. The van der Waals surface area contributed by atoms with Crippen molar-refractivity contribution in [1.29, 1.82) is 0 Å². The molecule has 3 unspecified atom stereocenters. The van der Waals surface area contributed by atoms with Crippen LogP contribution in [0.5, 0.6) is 11.5 Å². The fourth-order valence-electron chi connectivity index (χ4n) is 4.67. The van der Waals surface area contributed by atoms with Crippen LogP contribution in [0.1, 0.15) is 46.4 Å². The molecule has 46 heavy (non-hydrogen) atoms. The van der Waals surface area contributed by atoms with Gasteiger partial charge in [0.2, 0.25) is 0 Å². The molecule has 2 saturated heterocycles. The molecule has 0 radical (unpaired) electrons. The minimum Gasteiger partial charge on any atom is -0.494 e. The van der Waals surface area contributed by atoms with Gasteiger partial charge in [-0.2, -0.15) is 0 Å². The summed E-state index contributed by atoms with van der Waals surface area (Å²) >= 11 is 0. The Bertz CT molecular complexity index is 1230. The Labute approximate surface area is 267 Å². The molecule has 0 bridgehead atoms. The normalized spacial score (nSPS) is 19.7. The largest absolute Gasteiger partial charge is 0.494 e. The number of carbonyl (C=O) groups excluding carboxylic acids is 4. The molecule has 0 spiro atoms. The summed E-state index contributed by atoms with van der Waals surface area (Å²) in [6.45, 7) is 8.36. The van der Waals surface area contributed by atoms with E-state index >= 15 is 0 Å². The second-order valence-corrected chi connectivity index (χ2v) is 10.4. The molecule has 0 saturated carbocycles. The number of hydrogen-bond donors (Lipinski definition) is 0. The third-order valence-electron chi connectivity index (χ3n) is 7.10. The minimum absolute atomic E-state index is 0.112. The number of hydrogen-bond acceptors (Lipinski definition) is 12. The smallest absolute Gasteiger partial charge is 0.338 e. The topological polar surface area (TPSA) is 142 Å². The van der Waals surface area contributed by atoms with Gasteiger partial charge in [0.25, 0.3) is 0 Å². The Kier molecular flexibility index (Phi) is 13.2. The molecule has 2 heterocycles. The van der Waals surface area contributed by atoms with Gasteiger partial charge in [-0.25, -0.2) is 19.2 Å². The summed E-state index contributed by atoms with van der Waals surface area (Å²) in [6.07, 6.45) is 2.50. The van der Waals surface area contributed by atoms with E-state index in [4.69, 9.17) is 37.9 Å². The van der Waals surface area contributed by atoms with Gasteiger partial charge in [0.05, 0.1) is 50.8 Å². The van der Waals surface area contributed by atoms with E-state index in [2.05, 4.69) is 13.2 Å². The molecular formula is C34H38O12.